The number of aromatic nitrogens is 4. The first kappa shape index (κ1) is 27.5. The number of methoxy groups -OCH3 is 1. The first-order chi connectivity index (χ1) is 19.3. The van der Waals surface area contributed by atoms with E-state index in [1.807, 2.05) is 38.2 Å². The van der Waals surface area contributed by atoms with Crippen molar-refractivity contribution in [3.8, 4) is 17.0 Å². The van der Waals surface area contributed by atoms with Crippen LogP contribution >= 0.6 is 0 Å². The molecule has 1 amide bonds. The van der Waals surface area contributed by atoms with E-state index in [9.17, 15) is 9.59 Å². The number of ether oxygens (including phenoxy) is 2. The lowest BCUT2D eigenvalue weighted by atomic mass is 10.00. The van der Waals surface area contributed by atoms with E-state index in [2.05, 4.69) is 30.3 Å². The minimum absolute atomic E-state index is 0.0361. The molecule has 0 saturated carbocycles. The van der Waals surface area contributed by atoms with Gasteiger partial charge in [0.1, 0.15) is 29.1 Å². The Labute approximate surface area is 232 Å². The molecule has 4 heterocycles. The number of hydrogen-bond acceptors (Lipinski definition) is 9. The molecule has 5 rings (SSSR count). The van der Waals surface area contributed by atoms with E-state index in [0.717, 1.165) is 27.9 Å². The second-order valence-corrected chi connectivity index (χ2v) is 10.3. The van der Waals surface area contributed by atoms with Crippen molar-refractivity contribution in [2.45, 2.75) is 32.7 Å². The van der Waals surface area contributed by atoms with Gasteiger partial charge in [-0.05, 0) is 39.4 Å². The molecule has 1 aromatic carbocycles. The summed E-state index contributed by atoms with van der Waals surface area (Å²) in [6, 6.07) is 9.06. The molecular weight excluding hydrogens is 512 g/mol. The molecule has 0 radical (unpaired) electrons. The molecule has 210 valence electrons. The summed E-state index contributed by atoms with van der Waals surface area (Å²) in [5.74, 6) is 1.65. The SMILES string of the molecule is COc1cc2nc(C)ccc2cc1-c1cnc(C(COCCCC(=O)c2cc(C)on2)NC(=O)C2CN(C)C2)[nH]1. The van der Waals surface area contributed by atoms with Gasteiger partial charge in [-0.25, -0.2) is 4.98 Å². The second-order valence-electron chi connectivity index (χ2n) is 10.3. The molecule has 1 aliphatic heterocycles. The van der Waals surface area contributed by atoms with Crippen LogP contribution in [0.4, 0.5) is 0 Å². The number of pyridine rings is 1. The largest absolute Gasteiger partial charge is 0.496 e. The van der Waals surface area contributed by atoms with Crippen molar-refractivity contribution in [1.29, 1.82) is 0 Å². The number of carbonyl (C=O) groups is 2. The Hall–Kier alpha value is -4.09. The number of H-pyrrole nitrogens is 1. The highest BCUT2D eigenvalue weighted by molar-refractivity contribution is 5.94. The van der Waals surface area contributed by atoms with Crippen molar-refractivity contribution in [1.82, 2.24) is 30.3 Å². The second kappa shape index (κ2) is 12.0. The molecule has 1 saturated heterocycles. The molecule has 40 heavy (non-hydrogen) atoms. The van der Waals surface area contributed by atoms with Crippen LogP contribution in [0.25, 0.3) is 22.2 Å². The molecule has 1 fully saturated rings. The Morgan fingerprint density at radius 3 is 2.77 bits per heavy atom. The lowest BCUT2D eigenvalue weighted by Crippen LogP contribution is -2.52. The van der Waals surface area contributed by atoms with Crippen LogP contribution in [-0.2, 0) is 9.53 Å². The monoisotopic (exact) mass is 546 g/mol. The number of hydrogen-bond donors (Lipinski definition) is 2. The molecule has 0 bridgehead atoms. The van der Waals surface area contributed by atoms with Gasteiger partial charge in [-0.2, -0.15) is 0 Å². The Balaban J connectivity index is 1.28. The average Bonchev–Trinajstić information content (AvgIpc) is 3.59. The number of fused-ring (bicyclic) bond motifs is 1. The summed E-state index contributed by atoms with van der Waals surface area (Å²) in [6.45, 7) is 5.68. The molecule has 11 heteroatoms. The maximum absolute atomic E-state index is 12.9. The summed E-state index contributed by atoms with van der Waals surface area (Å²) in [5, 5.41) is 7.85. The number of aromatic amines is 1. The number of amides is 1. The number of ketones is 1. The molecule has 0 aliphatic carbocycles. The summed E-state index contributed by atoms with van der Waals surface area (Å²) >= 11 is 0. The van der Waals surface area contributed by atoms with Crippen LogP contribution in [0.2, 0.25) is 0 Å². The number of Topliss-reactive ketones (excluding diaryl/α,β-unsaturated/α-hetero) is 1. The topological polar surface area (TPSA) is 135 Å². The van der Waals surface area contributed by atoms with Crippen LogP contribution in [-0.4, -0.2) is 77.2 Å². The molecule has 3 aromatic heterocycles. The first-order valence-electron chi connectivity index (χ1n) is 13.3. The minimum Gasteiger partial charge on any atom is -0.496 e. The summed E-state index contributed by atoms with van der Waals surface area (Å²) < 4.78 is 16.6. The lowest BCUT2D eigenvalue weighted by molar-refractivity contribution is -0.130. The highest BCUT2D eigenvalue weighted by Gasteiger charge is 2.32. The van der Waals surface area contributed by atoms with Gasteiger partial charge in [-0.15, -0.1) is 0 Å². The van der Waals surface area contributed by atoms with Crippen molar-refractivity contribution in [3.63, 3.8) is 0 Å². The van der Waals surface area contributed by atoms with E-state index in [-0.39, 0.29) is 24.2 Å². The van der Waals surface area contributed by atoms with Crippen molar-refractivity contribution in [2.24, 2.45) is 5.92 Å². The van der Waals surface area contributed by atoms with Gasteiger partial charge in [-0.1, -0.05) is 11.2 Å². The van der Waals surface area contributed by atoms with E-state index in [0.29, 0.717) is 55.6 Å². The average molecular weight is 547 g/mol. The lowest BCUT2D eigenvalue weighted by Gasteiger charge is -2.35. The summed E-state index contributed by atoms with van der Waals surface area (Å²) in [6.07, 6.45) is 2.54. The number of nitrogens with one attached hydrogen (secondary N) is 2. The highest BCUT2D eigenvalue weighted by Crippen LogP contribution is 2.33. The summed E-state index contributed by atoms with van der Waals surface area (Å²) in [7, 11) is 3.61. The fraction of sp³-hybridized carbons (Fsp3) is 0.414. The van der Waals surface area contributed by atoms with Crippen molar-refractivity contribution < 1.29 is 23.6 Å². The van der Waals surface area contributed by atoms with E-state index < -0.39 is 6.04 Å². The fourth-order valence-corrected chi connectivity index (χ4v) is 4.79. The van der Waals surface area contributed by atoms with Gasteiger partial charge >= 0.3 is 0 Å². The van der Waals surface area contributed by atoms with E-state index in [1.165, 1.54) is 0 Å². The Morgan fingerprint density at radius 2 is 2.05 bits per heavy atom. The summed E-state index contributed by atoms with van der Waals surface area (Å²) in [4.78, 5) is 39.9. The van der Waals surface area contributed by atoms with Crippen LogP contribution in [0, 0.1) is 19.8 Å². The number of benzene rings is 1. The third-order valence-corrected chi connectivity index (χ3v) is 7.01. The van der Waals surface area contributed by atoms with Crippen LogP contribution < -0.4 is 10.1 Å². The number of imidazole rings is 1. The Bertz CT molecular complexity index is 1510. The number of likely N-dealkylation sites (tertiary alicyclic amines) is 1. The van der Waals surface area contributed by atoms with Crippen LogP contribution in [0.3, 0.4) is 0 Å². The third-order valence-electron chi connectivity index (χ3n) is 7.01. The van der Waals surface area contributed by atoms with Gasteiger partial charge in [0, 0.05) is 54.9 Å². The van der Waals surface area contributed by atoms with E-state index >= 15 is 0 Å². The molecule has 1 unspecified atom stereocenters. The van der Waals surface area contributed by atoms with Crippen molar-refractivity contribution in [2.75, 3.05) is 40.5 Å². The predicted molar refractivity (Wildman–Crippen MR) is 148 cm³/mol. The van der Waals surface area contributed by atoms with Crippen LogP contribution in [0.1, 0.15) is 46.7 Å². The molecule has 4 aromatic rings. The number of carbonyl (C=O) groups excluding carboxylic acids is 2. The normalized spacial score (nSPS) is 14.7. The summed E-state index contributed by atoms with van der Waals surface area (Å²) in [5.41, 5.74) is 3.70. The fourth-order valence-electron chi connectivity index (χ4n) is 4.79. The molecule has 1 aliphatic rings. The van der Waals surface area contributed by atoms with Gasteiger partial charge in [0.05, 0.1) is 37.0 Å². The van der Waals surface area contributed by atoms with Crippen LogP contribution in [0.5, 0.6) is 5.75 Å². The Kier molecular flexibility index (Phi) is 8.22. The maximum atomic E-state index is 12.9. The molecular formula is C29H34N6O5. The van der Waals surface area contributed by atoms with Crippen LogP contribution in [0.15, 0.2) is 41.1 Å². The molecule has 11 nitrogen and oxygen atoms in total. The zero-order valence-electron chi connectivity index (χ0n) is 23.2. The predicted octanol–water partition coefficient (Wildman–Crippen LogP) is 3.64. The van der Waals surface area contributed by atoms with Gasteiger partial charge in [0.2, 0.25) is 5.91 Å². The minimum atomic E-state index is -0.489. The van der Waals surface area contributed by atoms with E-state index in [1.54, 1.807) is 26.3 Å². The van der Waals surface area contributed by atoms with Gasteiger partial charge in [0.15, 0.2) is 5.78 Å². The molecule has 1 atom stereocenters. The molecule has 2 N–H and O–H groups in total. The van der Waals surface area contributed by atoms with Gasteiger partial charge in [0.25, 0.3) is 0 Å². The standard InChI is InChI=1S/C29H34N6O5/c1-17-7-8-19-11-21(27(38-4)12-22(19)31-17)24-13-30-28(32-24)25(33-29(37)20-14-35(3)15-20)16-39-9-5-6-26(36)23-10-18(2)40-34-23/h7-8,10-13,20,25H,5-6,9,14-16H2,1-4H3,(H,30,32)(H,33,37). The first-order valence-corrected chi connectivity index (χ1v) is 13.3. The van der Waals surface area contributed by atoms with Gasteiger partial charge in [-0.3, -0.25) is 14.6 Å². The quantitative estimate of drug-likeness (QED) is 0.202. The Morgan fingerprint density at radius 1 is 1.23 bits per heavy atom. The number of nitrogens with zero attached hydrogens (tertiary/aromatic N) is 4. The number of rotatable bonds is 12. The number of aryl methyl sites for hydroxylation is 2. The zero-order valence-corrected chi connectivity index (χ0v) is 23.2. The maximum Gasteiger partial charge on any atom is 0.226 e. The highest BCUT2D eigenvalue weighted by atomic mass is 16.5. The van der Waals surface area contributed by atoms with Gasteiger partial charge < -0.3 is 29.2 Å². The third kappa shape index (κ3) is 6.21. The van der Waals surface area contributed by atoms with Crippen molar-refractivity contribution in [3.05, 3.63) is 59.5 Å². The van der Waals surface area contributed by atoms with E-state index in [4.69, 9.17) is 14.0 Å². The smallest absolute Gasteiger partial charge is 0.226 e. The zero-order chi connectivity index (χ0) is 28.2. The van der Waals surface area contributed by atoms with Crippen molar-refractivity contribution >= 4 is 22.6 Å². The molecule has 0 spiro atoms.